The van der Waals surface area contributed by atoms with Crippen LogP contribution < -0.4 is 26.3 Å². The highest BCUT2D eigenvalue weighted by Crippen LogP contribution is 2.31. The van der Waals surface area contributed by atoms with Crippen LogP contribution in [0.1, 0.15) is 33.1 Å². The van der Waals surface area contributed by atoms with Gasteiger partial charge in [0.05, 0.1) is 25.7 Å². The molecule has 0 saturated carbocycles. The Labute approximate surface area is 148 Å². The van der Waals surface area contributed by atoms with E-state index in [2.05, 4.69) is 5.32 Å². The Kier molecular flexibility index (Phi) is 10.6. The average Bonchev–Trinajstić information content (AvgIpc) is 2.51. The number of nitrogens with two attached hydrogens (primary N) is 2. The molecular formula is C16H26ClN3O4. The van der Waals surface area contributed by atoms with Gasteiger partial charge in [0, 0.05) is 11.8 Å². The summed E-state index contributed by atoms with van der Waals surface area (Å²) in [4.78, 5) is 22.7. The third kappa shape index (κ3) is 7.52. The fourth-order valence-corrected chi connectivity index (χ4v) is 1.79. The van der Waals surface area contributed by atoms with Crippen molar-refractivity contribution < 1.29 is 19.1 Å². The fourth-order valence-electron chi connectivity index (χ4n) is 1.79. The maximum atomic E-state index is 11.9. The lowest BCUT2D eigenvalue weighted by atomic mass is 10.2. The zero-order valence-corrected chi connectivity index (χ0v) is 14.9. The van der Waals surface area contributed by atoms with Crippen molar-refractivity contribution in [3.05, 3.63) is 18.2 Å². The molecule has 0 radical (unpaired) electrons. The lowest BCUT2D eigenvalue weighted by molar-refractivity contribution is -0.123. The summed E-state index contributed by atoms with van der Waals surface area (Å²) < 4.78 is 11.3. The van der Waals surface area contributed by atoms with Gasteiger partial charge in [-0.15, -0.1) is 12.4 Å². The standard InChI is InChI=1S/C16H25N3O4.ClH/c1-3-7-22-13-6-5-11(9-14(13)23-8-4-2)19-16(21)12(17)10-15(18)20;/h5-6,9,12H,3-4,7-8,10,17H2,1-2H3,(H2,18,20)(H,19,21);1H. The number of benzene rings is 1. The number of halogens is 1. The number of hydrogen-bond donors (Lipinski definition) is 3. The quantitative estimate of drug-likeness (QED) is 0.589. The lowest BCUT2D eigenvalue weighted by Crippen LogP contribution is -2.38. The fraction of sp³-hybridized carbons (Fsp3) is 0.500. The smallest absolute Gasteiger partial charge is 0.241 e. The van der Waals surface area contributed by atoms with Crippen LogP contribution in [0.5, 0.6) is 11.5 Å². The van der Waals surface area contributed by atoms with Crippen molar-refractivity contribution in [1.82, 2.24) is 0 Å². The van der Waals surface area contributed by atoms with E-state index in [9.17, 15) is 9.59 Å². The monoisotopic (exact) mass is 359 g/mol. The van der Waals surface area contributed by atoms with Crippen LogP contribution in [0.15, 0.2) is 18.2 Å². The molecule has 1 aromatic carbocycles. The first-order valence-electron chi connectivity index (χ1n) is 7.72. The molecule has 1 rings (SSSR count). The summed E-state index contributed by atoms with van der Waals surface area (Å²) in [6.07, 6.45) is 1.53. The van der Waals surface area contributed by atoms with Crippen LogP contribution >= 0.6 is 12.4 Å². The number of ether oxygens (including phenoxy) is 2. The minimum absolute atomic E-state index is 0. The van der Waals surface area contributed by atoms with E-state index in [0.717, 1.165) is 12.8 Å². The number of carbonyl (C=O) groups is 2. The van der Waals surface area contributed by atoms with Gasteiger partial charge in [-0.3, -0.25) is 9.59 Å². The molecule has 0 fully saturated rings. The van der Waals surface area contributed by atoms with E-state index >= 15 is 0 Å². The summed E-state index contributed by atoms with van der Waals surface area (Å²) in [5.41, 5.74) is 11.2. The van der Waals surface area contributed by atoms with E-state index in [1.54, 1.807) is 18.2 Å². The number of anilines is 1. The van der Waals surface area contributed by atoms with Crippen LogP contribution in [-0.2, 0) is 9.59 Å². The van der Waals surface area contributed by atoms with Crippen LogP contribution in [0.2, 0.25) is 0 Å². The third-order valence-electron chi connectivity index (χ3n) is 2.89. The van der Waals surface area contributed by atoms with Gasteiger partial charge in [0.2, 0.25) is 11.8 Å². The molecule has 0 aromatic heterocycles. The molecule has 0 saturated heterocycles. The lowest BCUT2D eigenvalue weighted by Gasteiger charge is -2.15. The Bertz CT molecular complexity index is 540. The molecule has 0 spiro atoms. The van der Waals surface area contributed by atoms with Crippen LogP contribution in [-0.4, -0.2) is 31.1 Å². The first kappa shape index (κ1) is 22.0. The molecule has 0 bridgehead atoms. The molecule has 0 aliphatic heterocycles. The van der Waals surface area contributed by atoms with E-state index in [1.807, 2.05) is 13.8 Å². The van der Waals surface area contributed by atoms with Crippen LogP contribution in [0.25, 0.3) is 0 Å². The molecule has 0 aliphatic rings. The number of hydrogen-bond acceptors (Lipinski definition) is 5. The molecule has 24 heavy (non-hydrogen) atoms. The Hall–Kier alpha value is -1.99. The molecule has 0 heterocycles. The van der Waals surface area contributed by atoms with E-state index in [-0.39, 0.29) is 18.8 Å². The van der Waals surface area contributed by atoms with Gasteiger partial charge in [-0.05, 0) is 25.0 Å². The molecule has 0 aliphatic carbocycles. The minimum atomic E-state index is -0.983. The molecule has 1 unspecified atom stereocenters. The van der Waals surface area contributed by atoms with Gasteiger partial charge < -0.3 is 26.3 Å². The predicted octanol–water partition coefficient (Wildman–Crippen LogP) is 1.83. The third-order valence-corrected chi connectivity index (χ3v) is 2.89. The minimum Gasteiger partial charge on any atom is -0.490 e. The van der Waals surface area contributed by atoms with E-state index in [0.29, 0.717) is 30.4 Å². The molecular weight excluding hydrogens is 334 g/mol. The second-order valence-electron chi connectivity index (χ2n) is 5.12. The van der Waals surface area contributed by atoms with Gasteiger partial charge in [0.15, 0.2) is 11.5 Å². The highest BCUT2D eigenvalue weighted by molar-refractivity contribution is 5.97. The van der Waals surface area contributed by atoms with Crippen molar-refractivity contribution >= 4 is 29.9 Å². The van der Waals surface area contributed by atoms with Gasteiger partial charge >= 0.3 is 0 Å². The van der Waals surface area contributed by atoms with Gasteiger partial charge in [0.25, 0.3) is 0 Å². The van der Waals surface area contributed by atoms with Crippen molar-refractivity contribution in [3.63, 3.8) is 0 Å². The van der Waals surface area contributed by atoms with Gasteiger partial charge in [-0.2, -0.15) is 0 Å². The zero-order valence-electron chi connectivity index (χ0n) is 14.0. The topological polar surface area (TPSA) is 117 Å². The second kappa shape index (κ2) is 11.5. The van der Waals surface area contributed by atoms with Crippen molar-refractivity contribution in [1.29, 1.82) is 0 Å². The van der Waals surface area contributed by atoms with Crippen molar-refractivity contribution in [2.24, 2.45) is 11.5 Å². The van der Waals surface area contributed by atoms with Crippen LogP contribution in [0.3, 0.4) is 0 Å². The highest BCUT2D eigenvalue weighted by Gasteiger charge is 2.17. The highest BCUT2D eigenvalue weighted by atomic mass is 35.5. The Balaban J connectivity index is 0.00000529. The number of rotatable bonds is 10. The molecule has 1 atom stereocenters. The summed E-state index contributed by atoms with van der Waals surface area (Å²) >= 11 is 0. The summed E-state index contributed by atoms with van der Waals surface area (Å²) in [5.74, 6) is 0.0803. The summed E-state index contributed by atoms with van der Waals surface area (Å²) in [6, 6.07) is 4.12. The number of amides is 2. The van der Waals surface area contributed by atoms with Crippen molar-refractivity contribution in [2.75, 3.05) is 18.5 Å². The maximum Gasteiger partial charge on any atom is 0.241 e. The summed E-state index contributed by atoms with van der Waals surface area (Å²) in [7, 11) is 0. The Morgan fingerprint density at radius 3 is 2.25 bits per heavy atom. The van der Waals surface area contributed by atoms with E-state index in [1.165, 1.54) is 0 Å². The molecule has 136 valence electrons. The van der Waals surface area contributed by atoms with Crippen molar-refractivity contribution in [3.8, 4) is 11.5 Å². The first-order valence-corrected chi connectivity index (χ1v) is 7.72. The molecule has 2 amide bonds. The Morgan fingerprint density at radius 1 is 1.12 bits per heavy atom. The summed E-state index contributed by atoms with van der Waals surface area (Å²) in [5, 5.41) is 2.64. The normalized spacial score (nSPS) is 11.1. The average molecular weight is 360 g/mol. The number of primary amides is 1. The molecule has 8 heteroatoms. The predicted molar refractivity (Wildman–Crippen MR) is 95.7 cm³/mol. The summed E-state index contributed by atoms with van der Waals surface area (Å²) in [6.45, 7) is 5.14. The van der Waals surface area contributed by atoms with Crippen LogP contribution in [0, 0.1) is 0 Å². The first-order chi connectivity index (χ1) is 11.0. The Morgan fingerprint density at radius 2 is 1.71 bits per heavy atom. The SMILES string of the molecule is CCCOc1ccc(NC(=O)C(N)CC(N)=O)cc1OCCC.Cl. The van der Waals surface area contributed by atoms with Gasteiger partial charge in [0.1, 0.15) is 0 Å². The second-order valence-corrected chi connectivity index (χ2v) is 5.12. The van der Waals surface area contributed by atoms with Gasteiger partial charge in [-0.1, -0.05) is 13.8 Å². The van der Waals surface area contributed by atoms with Crippen molar-refractivity contribution in [2.45, 2.75) is 39.2 Å². The van der Waals surface area contributed by atoms with E-state index in [4.69, 9.17) is 20.9 Å². The molecule has 7 nitrogen and oxygen atoms in total. The van der Waals surface area contributed by atoms with E-state index < -0.39 is 17.9 Å². The van der Waals surface area contributed by atoms with Crippen LogP contribution in [0.4, 0.5) is 5.69 Å². The maximum absolute atomic E-state index is 11.9. The molecule has 1 aromatic rings. The van der Waals surface area contributed by atoms with Gasteiger partial charge in [-0.25, -0.2) is 0 Å². The zero-order chi connectivity index (χ0) is 17.2. The molecule has 5 N–H and O–H groups in total. The largest absolute Gasteiger partial charge is 0.490 e. The number of nitrogens with one attached hydrogen (secondary N) is 1. The number of carbonyl (C=O) groups excluding carboxylic acids is 2.